The zero-order chi connectivity index (χ0) is 16.2. The second-order valence-corrected chi connectivity index (χ2v) is 5.27. The van der Waals surface area contributed by atoms with Crippen LogP contribution in [-0.2, 0) is 6.42 Å². The van der Waals surface area contributed by atoms with Gasteiger partial charge in [-0.15, -0.1) is 10.2 Å². The minimum absolute atomic E-state index is 0.0168. The van der Waals surface area contributed by atoms with Crippen LogP contribution in [0.15, 0.2) is 29.4 Å². The van der Waals surface area contributed by atoms with Crippen LogP contribution in [0.2, 0.25) is 0 Å². The normalized spacial score (nSPS) is 21.1. The molecule has 2 atom stereocenters. The van der Waals surface area contributed by atoms with Gasteiger partial charge in [0.1, 0.15) is 5.82 Å². The van der Waals surface area contributed by atoms with Crippen LogP contribution in [0.3, 0.4) is 0 Å². The van der Waals surface area contributed by atoms with Crippen LogP contribution >= 0.6 is 0 Å². The number of hydrogen-bond donors (Lipinski definition) is 4. The van der Waals surface area contributed by atoms with Crippen molar-refractivity contribution in [1.82, 2.24) is 25.7 Å². The first-order valence-electron chi connectivity index (χ1n) is 7.41. The quantitative estimate of drug-likeness (QED) is 0.365. The fourth-order valence-electron chi connectivity index (χ4n) is 2.48. The van der Waals surface area contributed by atoms with E-state index in [4.69, 9.17) is 5.84 Å². The fourth-order valence-corrected chi connectivity index (χ4v) is 2.48. The molecule has 0 radical (unpaired) electrons. The monoisotopic (exact) mass is 318 g/mol. The van der Waals surface area contributed by atoms with E-state index >= 15 is 0 Å². The van der Waals surface area contributed by atoms with Crippen molar-refractivity contribution in [2.45, 2.75) is 19.4 Å². The van der Waals surface area contributed by atoms with Crippen molar-refractivity contribution in [2.75, 3.05) is 17.8 Å². The summed E-state index contributed by atoms with van der Waals surface area (Å²) in [5, 5.41) is 12.1. The third-order valence-electron chi connectivity index (χ3n) is 3.77. The molecule has 8 nitrogen and oxygen atoms in total. The number of nitrogens with zero attached hydrogens (tertiary/aromatic N) is 4. The largest absolute Gasteiger partial charge is 0.335 e. The van der Waals surface area contributed by atoms with Crippen LogP contribution in [0, 0.1) is 11.7 Å². The van der Waals surface area contributed by atoms with Crippen molar-refractivity contribution in [2.24, 2.45) is 11.0 Å². The van der Waals surface area contributed by atoms with E-state index in [1.54, 1.807) is 18.3 Å². The van der Waals surface area contributed by atoms with Crippen LogP contribution in [0.5, 0.6) is 0 Å². The van der Waals surface area contributed by atoms with E-state index in [2.05, 4.69) is 31.6 Å². The number of nitrogens with one attached hydrogen (secondary N) is 3. The summed E-state index contributed by atoms with van der Waals surface area (Å²) in [6.45, 7) is 2.66. The van der Waals surface area contributed by atoms with Crippen LogP contribution < -0.4 is 22.1 Å². The summed E-state index contributed by atoms with van der Waals surface area (Å²) in [5.74, 6) is 6.75. The van der Waals surface area contributed by atoms with Gasteiger partial charge in [0, 0.05) is 25.1 Å². The third kappa shape index (κ3) is 3.30. The standard InChI is InChI=1S/C14H19FN8/c1-2-12-19-22-14(23(12)16)21-18-8-10-7-17-20-13(10)9-3-5-11(15)6-4-9/h3-6,8,10,13,17,20H,2,7,16H2,1H3,(H,21,22)/b18-8+. The van der Waals surface area contributed by atoms with Gasteiger partial charge in [0.2, 0.25) is 0 Å². The molecule has 0 spiro atoms. The first-order valence-corrected chi connectivity index (χ1v) is 7.41. The number of hydrazone groups is 1. The summed E-state index contributed by atoms with van der Waals surface area (Å²) >= 11 is 0. The van der Waals surface area contributed by atoms with Gasteiger partial charge >= 0.3 is 0 Å². The number of nitrogens with two attached hydrogens (primary N) is 1. The molecular weight excluding hydrogens is 299 g/mol. The highest BCUT2D eigenvalue weighted by atomic mass is 19.1. The predicted molar refractivity (Wildman–Crippen MR) is 85.4 cm³/mol. The summed E-state index contributed by atoms with van der Waals surface area (Å²) in [4.78, 5) is 0. The van der Waals surface area contributed by atoms with Crippen LogP contribution in [0.1, 0.15) is 24.4 Å². The third-order valence-corrected chi connectivity index (χ3v) is 3.77. The van der Waals surface area contributed by atoms with Crippen molar-refractivity contribution in [3.8, 4) is 0 Å². The molecule has 0 bridgehead atoms. The lowest BCUT2D eigenvalue weighted by Crippen LogP contribution is -2.25. The van der Waals surface area contributed by atoms with Crippen LogP contribution in [-0.4, -0.2) is 27.6 Å². The zero-order valence-electron chi connectivity index (χ0n) is 12.7. The molecule has 3 rings (SSSR count). The Bertz CT molecular complexity index is 681. The molecule has 9 heteroatoms. The summed E-state index contributed by atoms with van der Waals surface area (Å²) in [6, 6.07) is 6.44. The first-order chi connectivity index (χ1) is 11.2. The second kappa shape index (κ2) is 6.71. The Kier molecular flexibility index (Phi) is 4.49. The lowest BCUT2D eigenvalue weighted by atomic mass is 9.96. The molecule has 1 aromatic carbocycles. The van der Waals surface area contributed by atoms with Crippen LogP contribution in [0.4, 0.5) is 10.3 Å². The van der Waals surface area contributed by atoms with E-state index < -0.39 is 0 Å². The van der Waals surface area contributed by atoms with Crippen molar-refractivity contribution < 1.29 is 4.39 Å². The molecule has 122 valence electrons. The number of anilines is 1. The highest BCUT2D eigenvalue weighted by Gasteiger charge is 2.26. The van der Waals surface area contributed by atoms with Gasteiger partial charge in [0.05, 0.1) is 6.04 Å². The maximum absolute atomic E-state index is 13.0. The average molecular weight is 318 g/mol. The molecular formula is C14H19FN8. The Morgan fingerprint density at radius 1 is 1.43 bits per heavy atom. The summed E-state index contributed by atoms with van der Waals surface area (Å²) in [7, 11) is 0. The van der Waals surface area contributed by atoms with Gasteiger partial charge < -0.3 is 5.84 Å². The van der Waals surface area contributed by atoms with Gasteiger partial charge in [-0.3, -0.25) is 5.43 Å². The molecule has 0 saturated carbocycles. The topological polar surface area (TPSA) is 105 Å². The van der Waals surface area contributed by atoms with Crippen molar-refractivity contribution >= 4 is 12.2 Å². The zero-order valence-corrected chi connectivity index (χ0v) is 12.7. The Labute approximate surface area is 132 Å². The number of aromatic nitrogens is 3. The van der Waals surface area contributed by atoms with Gasteiger partial charge in [-0.05, 0) is 17.7 Å². The molecule has 2 heterocycles. The molecule has 1 fully saturated rings. The highest BCUT2D eigenvalue weighted by molar-refractivity contribution is 5.64. The van der Waals surface area contributed by atoms with E-state index in [0.717, 1.165) is 5.56 Å². The van der Waals surface area contributed by atoms with Gasteiger partial charge in [-0.25, -0.2) is 19.9 Å². The number of aryl methyl sites for hydroxylation is 1. The first kappa shape index (κ1) is 15.4. The molecule has 5 N–H and O–H groups in total. The van der Waals surface area contributed by atoms with E-state index in [1.165, 1.54) is 16.8 Å². The van der Waals surface area contributed by atoms with Gasteiger partial charge in [-0.1, -0.05) is 19.1 Å². The number of hydrogen-bond acceptors (Lipinski definition) is 7. The minimum atomic E-state index is -0.249. The smallest absolute Gasteiger partial charge is 0.263 e. The number of halogens is 1. The van der Waals surface area contributed by atoms with E-state index in [0.29, 0.717) is 24.7 Å². The number of hydrazine groups is 1. The molecule has 0 aliphatic carbocycles. The van der Waals surface area contributed by atoms with E-state index in [1.807, 2.05) is 6.92 Å². The minimum Gasteiger partial charge on any atom is -0.335 e. The lowest BCUT2D eigenvalue weighted by Gasteiger charge is -2.15. The summed E-state index contributed by atoms with van der Waals surface area (Å²) in [5.41, 5.74) is 10.0. The lowest BCUT2D eigenvalue weighted by molar-refractivity contribution is 0.554. The maximum atomic E-state index is 13.0. The van der Waals surface area contributed by atoms with Gasteiger partial charge in [0.15, 0.2) is 5.82 Å². The number of benzene rings is 1. The Balaban J connectivity index is 1.66. The predicted octanol–water partition coefficient (Wildman–Crippen LogP) is 0.556. The number of nitrogen functional groups attached to an aromatic ring is 1. The maximum Gasteiger partial charge on any atom is 0.263 e. The summed E-state index contributed by atoms with van der Waals surface area (Å²) in [6.07, 6.45) is 2.47. The highest BCUT2D eigenvalue weighted by Crippen LogP contribution is 2.23. The van der Waals surface area contributed by atoms with Gasteiger partial charge in [-0.2, -0.15) is 5.10 Å². The molecule has 2 unspecified atom stereocenters. The second-order valence-electron chi connectivity index (χ2n) is 5.27. The Morgan fingerprint density at radius 3 is 2.91 bits per heavy atom. The fraction of sp³-hybridized carbons (Fsp3) is 0.357. The molecule has 1 saturated heterocycles. The average Bonchev–Trinajstić information content (AvgIpc) is 3.16. The van der Waals surface area contributed by atoms with Crippen molar-refractivity contribution in [3.63, 3.8) is 0 Å². The van der Waals surface area contributed by atoms with E-state index in [-0.39, 0.29) is 17.8 Å². The van der Waals surface area contributed by atoms with Crippen molar-refractivity contribution in [3.05, 3.63) is 41.5 Å². The molecule has 2 aromatic rings. The van der Waals surface area contributed by atoms with Gasteiger partial charge in [0.25, 0.3) is 5.95 Å². The Hall–Kier alpha value is -2.52. The summed E-state index contributed by atoms with van der Waals surface area (Å²) < 4.78 is 14.4. The molecule has 0 amide bonds. The van der Waals surface area contributed by atoms with Crippen molar-refractivity contribution in [1.29, 1.82) is 0 Å². The Morgan fingerprint density at radius 2 is 2.22 bits per heavy atom. The molecule has 1 aliphatic heterocycles. The molecule has 1 aliphatic rings. The molecule has 1 aromatic heterocycles. The number of rotatable bonds is 5. The molecule has 23 heavy (non-hydrogen) atoms. The SMILES string of the molecule is CCc1nnc(N/N=C/C2CNNC2c2ccc(F)cc2)n1N. The van der Waals surface area contributed by atoms with E-state index in [9.17, 15) is 4.39 Å². The van der Waals surface area contributed by atoms with Crippen LogP contribution in [0.25, 0.3) is 0 Å².